The normalized spacial score (nSPS) is 12.6. The second-order valence-electron chi connectivity index (χ2n) is 7.79. The average molecular weight is 391 g/mol. The van der Waals surface area contributed by atoms with E-state index in [1.54, 1.807) is 0 Å². The number of rotatable bonds is 15. The third-order valence-electron chi connectivity index (χ3n) is 5.36. The van der Waals surface area contributed by atoms with Crippen molar-refractivity contribution < 1.29 is 9.16 Å². The average Bonchev–Trinajstić information content (AvgIpc) is 2.72. The summed E-state index contributed by atoms with van der Waals surface area (Å²) in [5, 5.41) is 0. The van der Waals surface area contributed by atoms with Crippen LogP contribution in [-0.2, 0) is 15.8 Å². The van der Waals surface area contributed by atoms with Gasteiger partial charge in [0.2, 0.25) is 0 Å². The zero-order valence-electron chi connectivity index (χ0n) is 18.5. The first-order valence-electron chi connectivity index (χ1n) is 11.2. The number of unbranched alkanes of at least 4 members (excludes halogenated alkanes) is 3. The van der Waals surface area contributed by atoms with E-state index in [0.717, 1.165) is 12.4 Å². The Labute approximate surface area is 169 Å². The first-order chi connectivity index (χ1) is 13.1. The molecule has 0 bridgehead atoms. The Morgan fingerprint density at radius 3 is 1.78 bits per heavy atom. The Morgan fingerprint density at radius 1 is 0.815 bits per heavy atom. The number of benzene rings is 1. The summed E-state index contributed by atoms with van der Waals surface area (Å²) in [7, 11) is -1.82. The Kier molecular flexibility index (Phi) is 12.2. The fraction of sp³-hybridized carbons (Fsp3) is 0.667. The molecule has 1 rings (SSSR count). The molecule has 0 amide bonds. The molecule has 3 heteroatoms. The van der Waals surface area contributed by atoms with Gasteiger partial charge in [0.1, 0.15) is 6.61 Å². The van der Waals surface area contributed by atoms with Crippen molar-refractivity contribution in [3.63, 3.8) is 0 Å². The van der Waals surface area contributed by atoms with Crippen LogP contribution < -0.4 is 0 Å². The lowest BCUT2D eigenvalue weighted by atomic mass is 10.2. The van der Waals surface area contributed by atoms with E-state index in [-0.39, 0.29) is 0 Å². The van der Waals surface area contributed by atoms with E-state index >= 15 is 0 Å². The highest BCUT2D eigenvalue weighted by Gasteiger charge is 2.36. The van der Waals surface area contributed by atoms with E-state index < -0.39 is 8.32 Å². The summed E-state index contributed by atoms with van der Waals surface area (Å²) >= 11 is 0. The van der Waals surface area contributed by atoms with Gasteiger partial charge in [0.15, 0.2) is 0 Å². The maximum atomic E-state index is 6.92. The van der Waals surface area contributed by atoms with Gasteiger partial charge in [0, 0.05) is 5.57 Å². The number of allylic oxidation sites excluding steroid dienone is 1. The second kappa shape index (κ2) is 13.9. The van der Waals surface area contributed by atoms with Crippen LogP contribution in [0, 0.1) is 0 Å². The molecule has 0 aliphatic carbocycles. The van der Waals surface area contributed by atoms with Gasteiger partial charge in [-0.15, -0.1) is 0 Å². The van der Waals surface area contributed by atoms with E-state index in [4.69, 9.17) is 9.16 Å². The van der Waals surface area contributed by atoms with Gasteiger partial charge in [0.25, 0.3) is 14.3 Å². The van der Waals surface area contributed by atoms with E-state index in [9.17, 15) is 0 Å². The lowest BCUT2D eigenvalue weighted by molar-refractivity contribution is 0.0838. The highest BCUT2D eigenvalue weighted by atomic mass is 28.4. The van der Waals surface area contributed by atoms with Crippen LogP contribution in [0.4, 0.5) is 0 Å². The van der Waals surface area contributed by atoms with Crippen molar-refractivity contribution >= 4 is 8.32 Å². The Balaban J connectivity index is 2.99. The summed E-state index contributed by atoms with van der Waals surface area (Å²) in [6.45, 7) is 11.8. The molecule has 0 radical (unpaired) electrons. The van der Waals surface area contributed by atoms with Crippen molar-refractivity contribution in [3.8, 4) is 0 Å². The van der Waals surface area contributed by atoms with Crippen LogP contribution in [0.1, 0.15) is 85.1 Å². The summed E-state index contributed by atoms with van der Waals surface area (Å²) in [6.07, 6.45) is 8.53. The maximum absolute atomic E-state index is 6.92. The third-order valence-corrected chi connectivity index (χ3v) is 9.77. The quantitative estimate of drug-likeness (QED) is 0.222. The molecule has 0 N–H and O–H groups in total. The summed E-state index contributed by atoms with van der Waals surface area (Å²) in [5.41, 5.74) is 2.44. The maximum Gasteiger partial charge on any atom is 0.264 e. The number of hydrogen-bond donors (Lipinski definition) is 0. The predicted octanol–water partition coefficient (Wildman–Crippen LogP) is 8.21. The van der Waals surface area contributed by atoms with Crippen LogP contribution in [0.25, 0.3) is 0 Å². The fourth-order valence-corrected chi connectivity index (χ4v) is 8.01. The van der Waals surface area contributed by atoms with Gasteiger partial charge in [-0.1, -0.05) is 96.6 Å². The molecule has 1 aromatic carbocycles. The lowest BCUT2D eigenvalue weighted by Crippen LogP contribution is -2.38. The van der Waals surface area contributed by atoms with Gasteiger partial charge < -0.3 is 9.16 Å². The van der Waals surface area contributed by atoms with Gasteiger partial charge in [-0.3, -0.25) is 0 Å². The number of hydrogen-bond acceptors (Lipinski definition) is 2. The van der Waals surface area contributed by atoms with Crippen LogP contribution in [0.2, 0.25) is 18.1 Å². The van der Waals surface area contributed by atoms with Crippen LogP contribution in [0.3, 0.4) is 0 Å². The summed E-state index contributed by atoms with van der Waals surface area (Å²) in [4.78, 5) is 0. The van der Waals surface area contributed by atoms with Crippen molar-refractivity contribution in [3.05, 3.63) is 47.4 Å². The molecule has 154 valence electrons. The minimum absolute atomic E-state index is 0.591. The van der Waals surface area contributed by atoms with Crippen molar-refractivity contribution in [2.24, 2.45) is 0 Å². The topological polar surface area (TPSA) is 18.5 Å². The predicted molar refractivity (Wildman–Crippen MR) is 120 cm³/mol. The molecule has 0 atom stereocenters. The van der Waals surface area contributed by atoms with E-state index in [1.165, 1.54) is 67.8 Å². The van der Waals surface area contributed by atoms with Gasteiger partial charge in [0.05, 0.1) is 0 Å². The second-order valence-corrected chi connectivity index (χ2v) is 11.9. The summed E-state index contributed by atoms with van der Waals surface area (Å²) < 4.78 is 13.2. The summed E-state index contributed by atoms with van der Waals surface area (Å²) in [5.74, 6) is 0.830. The molecular weight excluding hydrogens is 348 g/mol. The molecule has 0 aliphatic heterocycles. The van der Waals surface area contributed by atoms with Crippen LogP contribution in [-0.4, -0.2) is 8.32 Å². The monoisotopic (exact) mass is 390 g/mol. The molecule has 0 saturated carbocycles. The Morgan fingerprint density at radius 2 is 1.33 bits per heavy atom. The largest absolute Gasteiger partial charge is 0.519 e. The Bertz CT molecular complexity index is 503. The fourth-order valence-electron chi connectivity index (χ4n) is 3.33. The minimum atomic E-state index is -1.82. The number of ether oxygens (including phenoxy) is 1. The van der Waals surface area contributed by atoms with Gasteiger partial charge in [-0.2, -0.15) is 0 Å². The third kappa shape index (κ3) is 9.01. The van der Waals surface area contributed by atoms with Gasteiger partial charge in [-0.25, -0.2) is 0 Å². The van der Waals surface area contributed by atoms with Gasteiger partial charge >= 0.3 is 0 Å². The van der Waals surface area contributed by atoms with Crippen molar-refractivity contribution in [1.82, 2.24) is 0 Å². The standard InChI is InChI=1S/C24H42O2Si/c1-6-10-18-27(19-11-7-2,20-12-8-3)26-24(22(5)9-4)25-21-23-16-14-13-15-17-23/h13-17H,6-12,18-21H2,1-5H3. The lowest BCUT2D eigenvalue weighted by Gasteiger charge is -2.34. The zero-order valence-corrected chi connectivity index (χ0v) is 19.5. The van der Waals surface area contributed by atoms with Crippen molar-refractivity contribution in [2.75, 3.05) is 0 Å². The SMILES string of the molecule is CCCC[Si](CCCC)(CCCC)OC(OCc1ccccc1)=C(C)CC. The summed E-state index contributed by atoms with van der Waals surface area (Å²) in [6, 6.07) is 14.2. The van der Waals surface area contributed by atoms with E-state index in [2.05, 4.69) is 58.9 Å². The van der Waals surface area contributed by atoms with E-state index in [0.29, 0.717) is 6.61 Å². The van der Waals surface area contributed by atoms with Crippen LogP contribution in [0.5, 0.6) is 0 Å². The molecule has 0 unspecified atom stereocenters. The smallest absolute Gasteiger partial charge is 0.264 e. The molecule has 0 saturated heterocycles. The molecule has 0 aliphatic rings. The molecule has 2 nitrogen and oxygen atoms in total. The van der Waals surface area contributed by atoms with E-state index in [1.807, 2.05) is 6.07 Å². The molecule has 0 aromatic heterocycles. The van der Waals surface area contributed by atoms with Crippen molar-refractivity contribution in [1.29, 1.82) is 0 Å². The van der Waals surface area contributed by atoms with Crippen LogP contribution in [0.15, 0.2) is 41.9 Å². The molecule has 0 spiro atoms. The highest BCUT2D eigenvalue weighted by molar-refractivity contribution is 6.74. The minimum Gasteiger partial charge on any atom is -0.519 e. The molecule has 0 heterocycles. The van der Waals surface area contributed by atoms with Gasteiger partial charge in [-0.05, 0) is 37.0 Å². The molecule has 1 aromatic rings. The molecule has 27 heavy (non-hydrogen) atoms. The zero-order chi connectivity index (χ0) is 20.0. The van der Waals surface area contributed by atoms with Crippen LogP contribution >= 0.6 is 0 Å². The molecular formula is C24H42O2Si. The molecule has 0 fully saturated rings. The first-order valence-corrected chi connectivity index (χ1v) is 13.7. The highest BCUT2D eigenvalue weighted by Crippen LogP contribution is 2.33. The van der Waals surface area contributed by atoms with Crippen molar-refractivity contribution in [2.45, 2.75) is 104 Å². The Hall–Kier alpha value is -1.22. The first kappa shape index (κ1) is 23.8.